The second-order valence-corrected chi connectivity index (χ2v) is 4.90. The number of hydrogen-bond donors (Lipinski definition) is 2. The first-order valence-corrected chi connectivity index (χ1v) is 6.76. The van der Waals surface area contributed by atoms with Gasteiger partial charge in [-0.1, -0.05) is 12.1 Å². The van der Waals surface area contributed by atoms with Crippen molar-refractivity contribution in [2.45, 2.75) is 38.0 Å². The molecular formula is C15H20N2O2. The van der Waals surface area contributed by atoms with Gasteiger partial charge < -0.3 is 15.2 Å². The number of nitrogens with zero attached hydrogens (tertiary/aromatic N) is 1. The SMILES string of the molecule is CCOC1CC(NCC(O)c2ccc(C#N)cc2)C1. The lowest BCUT2D eigenvalue weighted by Gasteiger charge is -2.36. The molecule has 0 spiro atoms. The zero-order valence-electron chi connectivity index (χ0n) is 11.2. The normalized spacial score (nSPS) is 23.4. The lowest BCUT2D eigenvalue weighted by atomic mass is 9.89. The van der Waals surface area contributed by atoms with Crippen LogP contribution >= 0.6 is 0 Å². The molecule has 4 nitrogen and oxygen atoms in total. The van der Waals surface area contributed by atoms with E-state index in [1.54, 1.807) is 24.3 Å². The zero-order valence-corrected chi connectivity index (χ0v) is 11.2. The van der Waals surface area contributed by atoms with Crippen molar-refractivity contribution in [2.75, 3.05) is 13.2 Å². The molecule has 1 aromatic carbocycles. The number of nitriles is 1. The Morgan fingerprint density at radius 3 is 2.68 bits per heavy atom. The number of nitrogens with one attached hydrogen (secondary N) is 1. The number of ether oxygens (including phenoxy) is 1. The molecule has 2 N–H and O–H groups in total. The Balaban J connectivity index is 1.73. The maximum Gasteiger partial charge on any atom is 0.0991 e. The van der Waals surface area contributed by atoms with Gasteiger partial charge in [-0.15, -0.1) is 0 Å². The van der Waals surface area contributed by atoms with Crippen molar-refractivity contribution in [2.24, 2.45) is 0 Å². The van der Waals surface area contributed by atoms with Crippen LogP contribution in [0, 0.1) is 11.3 Å². The summed E-state index contributed by atoms with van der Waals surface area (Å²) >= 11 is 0. The predicted octanol–water partition coefficient (Wildman–Crippen LogP) is 1.75. The molecule has 0 heterocycles. The van der Waals surface area contributed by atoms with E-state index in [4.69, 9.17) is 10.00 Å². The third-order valence-corrected chi connectivity index (χ3v) is 3.52. The largest absolute Gasteiger partial charge is 0.387 e. The molecule has 1 atom stereocenters. The molecule has 4 heteroatoms. The molecule has 1 aliphatic rings. The highest BCUT2D eigenvalue weighted by atomic mass is 16.5. The van der Waals surface area contributed by atoms with Gasteiger partial charge in [0.05, 0.1) is 23.8 Å². The van der Waals surface area contributed by atoms with Crippen molar-refractivity contribution in [1.82, 2.24) is 5.32 Å². The van der Waals surface area contributed by atoms with E-state index in [2.05, 4.69) is 11.4 Å². The molecule has 1 unspecified atom stereocenters. The molecule has 0 amide bonds. The zero-order chi connectivity index (χ0) is 13.7. The van der Waals surface area contributed by atoms with Crippen molar-refractivity contribution >= 4 is 0 Å². The maximum absolute atomic E-state index is 10.0. The summed E-state index contributed by atoms with van der Waals surface area (Å²) < 4.78 is 5.49. The van der Waals surface area contributed by atoms with Gasteiger partial charge in [-0.05, 0) is 37.5 Å². The van der Waals surface area contributed by atoms with Crippen LogP contribution in [0.2, 0.25) is 0 Å². The van der Waals surface area contributed by atoms with Crippen molar-refractivity contribution in [1.29, 1.82) is 5.26 Å². The van der Waals surface area contributed by atoms with Crippen molar-refractivity contribution in [3.8, 4) is 6.07 Å². The van der Waals surface area contributed by atoms with Crippen LogP contribution in [0.4, 0.5) is 0 Å². The average Bonchev–Trinajstić information content (AvgIpc) is 2.41. The summed E-state index contributed by atoms with van der Waals surface area (Å²) in [6.07, 6.45) is 1.90. The van der Waals surface area contributed by atoms with E-state index >= 15 is 0 Å². The number of aliphatic hydroxyl groups excluding tert-OH is 1. The first-order valence-electron chi connectivity index (χ1n) is 6.76. The first-order chi connectivity index (χ1) is 9.22. The van der Waals surface area contributed by atoms with Crippen molar-refractivity contribution in [3.63, 3.8) is 0 Å². The molecule has 0 aliphatic heterocycles. The van der Waals surface area contributed by atoms with Gasteiger partial charge in [0.1, 0.15) is 0 Å². The number of rotatable bonds is 6. The Morgan fingerprint density at radius 1 is 1.42 bits per heavy atom. The summed E-state index contributed by atoms with van der Waals surface area (Å²) in [6.45, 7) is 3.32. The Labute approximate surface area is 114 Å². The smallest absolute Gasteiger partial charge is 0.0991 e. The minimum absolute atomic E-state index is 0.384. The summed E-state index contributed by atoms with van der Waals surface area (Å²) in [4.78, 5) is 0. The molecule has 102 valence electrons. The Bertz CT molecular complexity index is 432. The van der Waals surface area contributed by atoms with E-state index in [1.807, 2.05) is 6.92 Å². The highest BCUT2D eigenvalue weighted by molar-refractivity contribution is 5.32. The average molecular weight is 260 g/mol. The molecule has 1 aromatic rings. The summed E-state index contributed by atoms with van der Waals surface area (Å²) in [5.41, 5.74) is 1.45. The minimum Gasteiger partial charge on any atom is -0.387 e. The fraction of sp³-hybridized carbons (Fsp3) is 0.533. The monoisotopic (exact) mass is 260 g/mol. The van der Waals surface area contributed by atoms with E-state index in [1.165, 1.54) is 0 Å². The summed E-state index contributed by atoms with van der Waals surface area (Å²) in [5, 5.41) is 22.1. The third-order valence-electron chi connectivity index (χ3n) is 3.52. The lowest BCUT2D eigenvalue weighted by molar-refractivity contribution is -0.0123. The van der Waals surface area contributed by atoms with Gasteiger partial charge in [-0.25, -0.2) is 0 Å². The summed E-state index contributed by atoms with van der Waals surface area (Å²) in [7, 11) is 0. The maximum atomic E-state index is 10.0. The van der Waals surface area contributed by atoms with E-state index in [0.29, 0.717) is 24.3 Å². The molecule has 19 heavy (non-hydrogen) atoms. The molecule has 1 fully saturated rings. The van der Waals surface area contributed by atoms with Gasteiger partial charge >= 0.3 is 0 Å². The Kier molecular flexibility index (Phi) is 4.92. The summed E-state index contributed by atoms with van der Waals surface area (Å²) in [5.74, 6) is 0. The topological polar surface area (TPSA) is 65.3 Å². The molecule has 1 aliphatic carbocycles. The molecule has 2 rings (SSSR count). The van der Waals surface area contributed by atoms with Gasteiger partial charge in [0.25, 0.3) is 0 Å². The lowest BCUT2D eigenvalue weighted by Crippen LogP contribution is -2.46. The van der Waals surface area contributed by atoms with Crippen LogP contribution in [0.3, 0.4) is 0 Å². The quantitative estimate of drug-likeness (QED) is 0.818. The molecular weight excluding hydrogens is 240 g/mol. The van der Waals surface area contributed by atoms with Gasteiger partial charge in [-0.3, -0.25) is 0 Å². The molecule has 0 aromatic heterocycles. The highest BCUT2D eigenvalue weighted by Crippen LogP contribution is 2.23. The number of hydrogen-bond acceptors (Lipinski definition) is 4. The fourth-order valence-electron chi connectivity index (χ4n) is 2.28. The van der Waals surface area contributed by atoms with Gasteiger partial charge in [0.2, 0.25) is 0 Å². The Hall–Kier alpha value is -1.41. The van der Waals surface area contributed by atoms with Crippen molar-refractivity contribution < 1.29 is 9.84 Å². The minimum atomic E-state index is -0.529. The summed E-state index contributed by atoms with van der Waals surface area (Å²) in [6, 6.07) is 9.57. The fourth-order valence-corrected chi connectivity index (χ4v) is 2.28. The molecule has 0 saturated heterocycles. The Morgan fingerprint density at radius 2 is 2.11 bits per heavy atom. The van der Waals surface area contributed by atoms with E-state index in [9.17, 15) is 5.11 Å². The molecule has 1 saturated carbocycles. The molecule has 0 bridgehead atoms. The second-order valence-electron chi connectivity index (χ2n) is 4.90. The molecule has 0 radical (unpaired) electrons. The van der Waals surface area contributed by atoms with E-state index in [-0.39, 0.29) is 0 Å². The number of benzene rings is 1. The van der Waals surface area contributed by atoms with Crippen LogP contribution in [0.25, 0.3) is 0 Å². The van der Waals surface area contributed by atoms with Crippen molar-refractivity contribution in [3.05, 3.63) is 35.4 Å². The highest BCUT2D eigenvalue weighted by Gasteiger charge is 2.29. The van der Waals surface area contributed by atoms with Crippen LogP contribution < -0.4 is 5.32 Å². The second kappa shape index (κ2) is 6.67. The van der Waals surface area contributed by atoms with Crippen LogP contribution in [0.1, 0.15) is 37.0 Å². The number of aliphatic hydroxyl groups is 1. The predicted molar refractivity (Wildman–Crippen MR) is 72.6 cm³/mol. The van der Waals surface area contributed by atoms with Crippen LogP contribution in [0.5, 0.6) is 0 Å². The van der Waals surface area contributed by atoms with Crippen LogP contribution in [-0.4, -0.2) is 30.4 Å². The van der Waals surface area contributed by atoms with E-state index in [0.717, 1.165) is 25.0 Å². The van der Waals surface area contributed by atoms with Gasteiger partial charge in [-0.2, -0.15) is 5.26 Å². The van der Waals surface area contributed by atoms with E-state index < -0.39 is 6.10 Å². The van der Waals surface area contributed by atoms with Crippen LogP contribution in [-0.2, 0) is 4.74 Å². The third kappa shape index (κ3) is 3.77. The van der Waals surface area contributed by atoms with Gasteiger partial charge in [0, 0.05) is 19.2 Å². The first kappa shape index (κ1) is 14.0. The standard InChI is InChI=1S/C15H20N2O2/c1-2-19-14-7-13(8-14)17-10-15(18)12-5-3-11(9-16)4-6-12/h3-6,13-15,17-18H,2,7-8,10H2,1H3. The van der Waals surface area contributed by atoms with Gasteiger partial charge in [0.15, 0.2) is 0 Å². The van der Waals surface area contributed by atoms with Crippen LogP contribution in [0.15, 0.2) is 24.3 Å².